The molecule has 5 nitrogen and oxygen atoms in total. The Labute approximate surface area is 176 Å². The zero-order chi connectivity index (χ0) is 21.7. The molecule has 0 aromatic heterocycles. The summed E-state index contributed by atoms with van der Waals surface area (Å²) < 4.78 is 40.8. The Morgan fingerprint density at radius 1 is 0.933 bits per heavy atom. The van der Waals surface area contributed by atoms with Gasteiger partial charge in [0.05, 0.1) is 10.6 Å². The molecule has 0 radical (unpaired) electrons. The lowest BCUT2D eigenvalue weighted by Crippen LogP contribution is -2.40. The van der Waals surface area contributed by atoms with Crippen LogP contribution in [0.1, 0.15) is 16.7 Å². The fourth-order valence-electron chi connectivity index (χ4n) is 2.97. The second kappa shape index (κ2) is 9.09. The van der Waals surface area contributed by atoms with Crippen molar-refractivity contribution in [3.63, 3.8) is 0 Å². The van der Waals surface area contributed by atoms with Gasteiger partial charge in [0.15, 0.2) is 0 Å². The van der Waals surface area contributed by atoms with Gasteiger partial charge in [-0.2, -0.15) is 0 Å². The summed E-state index contributed by atoms with van der Waals surface area (Å²) in [6, 6.07) is 19.0. The van der Waals surface area contributed by atoms with E-state index in [9.17, 15) is 17.6 Å². The highest BCUT2D eigenvalue weighted by Crippen LogP contribution is 2.24. The molecule has 1 N–H and O–H groups in total. The summed E-state index contributed by atoms with van der Waals surface area (Å²) in [5, 5.41) is 2.75. The van der Waals surface area contributed by atoms with Crippen LogP contribution < -0.4 is 9.62 Å². The van der Waals surface area contributed by atoms with Crippen LogP contribution in [0.5, 0.6) is 0 Å². The third-order valence-corrected chi connectivity index (χ3v) is 6.37. The molecule has 0 saturated heterocycles. The third-order valence-electron chi connectivity index (χ3n) is 4.58. The van der Waals surface area contributed by atoms with Gasteiger partial charge in [0, 0.05) is 6.54 Å². The summed E-state index contributed by atoms with van der Waals surface area (Å²) in [5.74, 6) is -0.952. The van der Waals surface area contributed by atoms with Crippen molar-refractivity contribution in [1.29, 1.82) is 0 Å². The van der Waals surface area contributed by atoms with Crippen LogP contribution in [0.3, 0.4) is 0 Å². The van der Waals surface area contributed by atoms with Crippen LogP contribution in [0.15, 0.2) is 77.7 Å². The van der Waals surface area contributed by atoms with Crippen LogP contribution in [-0.2, 0) is 21.4 Å². The largest absolute Gasteiger partial charge is 0.350 e. The molecular weight excluding hydrogens is 403 g/mol. The summed E-state index contributed by atoms with van der Waals surface area (Å²) >= 11 is 0. The number of hydrogen-bond acceptors (Lipinski definition) is 3. The molecule has 0 aliphatic carbocycles. The molecular formula is C23H23FN2O3S. The van der Waals surface area contributed by atoms with Crippen molar-refractivity contribution in [2.75, 3.05) is 10.8 Å². The van der Waals surface area contributed by atoms with Crippen molar-refractivity contribution in [3.8, 4) is 0 Å². The maximum Gasteiger partial charge on any atom is 0.264 e. The molecule has 0 heterocycles. The van der Waals surface area contributed by atoms with Gasteiger partial charge in [-0.15, -0.1) is 0 Å². The Balaban J connectivity index is 1.85. The first-order valence-corrected chi connectivity index (χ1v) is 10.9. The van der Waals surface area contributed by atoms with Crippen molar-refractivity contribution in [2.24, 2.45) is 0 Å². The van der Waals surface area contributed by atoms with Gasteiger partial charge in [-0.3, -0.25) is 9.10 Å². The van der Waals surface area contributed by atoms with Crippen LogP contribution in [-0.4, -0.2) is 20.9 Å². The van der Waals surface area contributed by atoms with E-state index in [0.717, 1.165) is 33.1 Å². The molecule has 30 heavy (non-hydrogen) atoms. The fourth-order valence-corrected chi connectivity index (χ4v) is 4.39. The van der Waals surface area contributed by atoms with Crippen molar-refractivity contribution in [1.82, 2.24) is 5.32 Å². The minimum absolute atomic E-state index is 0.0592. The number of rotatable bonds is 7. The highest BCUT2D eigenvalue weighted by atomic mass is 32.2. The molecule has 3 aromatic rings. The number of carbonyl (C=O) groups is 1. The van der Waals surface area contributed by atoms with Crippen LogP contribution >= 0.6 is 0 Å². The van der Waals surface area contributed by atoms with Crippen LogP contribution in [0.2, 0.25) is 0 Å². The number of amides is 1. The highest BCUT2D eigenvalue weighted by molar-refractivity contribution is 7.92. The first-order chi connectivity index (χ1) is 14.3. The molecule has 0 spiro atoms. The van der Waals surface area contributed by atoms with E-state index in [1.807, 2.05) is 38.1 Å². The van der Waals surface area contributed by atoms with Gasteiger partial charge in [0.2, 0.25) is 5.91 Å². The van der Waals surface area contributed by atoms with E-state index in [1.54, 1.807) is 12.1 Å². The van der Waals surface area contributed by atoms with E-state index in [0.29, 0.717) is 0 Å². The number of nitrogens with one attached hydrogen (secondary N) is 1. The molecule has 156 valence electrons. The predicted octanol–water partition coefficient (Wildman–Crippen LogP) is 3.95. The van der Waals surface area contributed by atoms with Gasteiger partial charge in [0.25, 0.3) is 10.0 Å². The predicted molar refractivity (Wildman–Crippen MR) is 115 cm³/mol. The molecule has 0 fully saturated rings. The normalized spacial score (nSPS) is 11.2. The van der Waals surface area contributed by atoms with Crippen molar-refractivity contribution < 1.29 is 17.6 Å². The van der Waals surface area contributed by atoms with Crippen LogP contribution in [0, 0.1) is 19.7 Å². The van der Waals surface area contributed by atoms with E-state index in [4.69, 9.17) is 0 Å². The number of nitrogens with zero attached hydrogens (tertiary/aromatic N) is 1. The number of carbonyl (C=O) groups excluding carboxylic acids is 1. The van der Waals surface area contributed by atoms with Gasteiger partial charge in [-0.1, -0.05) is 47.5 Å². The smallest absolute Gasteiger partial charge is 0.264 e. The maximum absolute atomic E-state index is 13.4. The average Bonchev–Trinajstić information content (AvgIpc) is 2.71. The minimum atomic E-state index is -4.02. The highest BCUT2D eigenvalue weighted by Gasteiger charge is 2.27. The van der Waals surface area contributed by atoms with Gasteiger partial charge in [0.1, 0.15) is 12.4 Å². The Kier molecular flexibility index (Phi) is 6.52. The Morgan fingerprint density at radius 2 is 1.60 bits per heavy atom. The average molecular weight is 427 g/mol. The zero-order valence-corrected chi connectivity index (χ0v) is 17.6. The number of anilines is 1. The van der Waals surface area contributed by atoms with Crippen LogP contribution in [0.4, 0.5) is 10.1 Å². The van der Waals surface area contributed by atoms with Crippen LogP contribution in [0.25, 0.3) is 0 Å². The van der Waals surface area contributed by atoms with E-state index in [1.165, 1.54) is 24.3 Å². The lowest BCUT2D eigenvalue weighted by atomic mass is 10.1. The Hall–Kier alpha value is -3.19. The second-order valence-corrected chi connectivity index (χ2v) is 8.93. The second-order valence-electron chi connectivity index (χ2n) is 7.07. The van der Waals surface area contributed by atoms with Crippen molar-refractivity contribution in [2.45, 2.75) is 25.3 Å². The minimum Gasteiger partial charge on any atom is -0.350 e. The van der Waals surface area contributed by atoms with Crippen molar-refractivity contribution in [3.05, 3.63) is 95.3 Å². The van der Waals surface area contributed by atoms with E-state index in [-0.39, 0.29) is 17.1 Å². The molecule has 7 heteroatoms. The standard InChI is InChI=1S/C23H23FN2O3S/c1-17-6-12-22(13-7-17)30(28,29)26(21-10-8-20(24)9-11-21)16-23(27)25-15-19-5-3-4-18(2)14-19/h3-14H,15-16H2,1-2H3,(H,25,27). The lowest BCUT2D eigenvalue weighted by Gasteiger charge is -2.24. The molecule has 0 aliphatic rings. The fraction of sp³-hybridized carbons (Fsp3) is 0.174. The summed E-state index contributed by atoms with van der Waals surface area (Å²) in [7, 11) is -4.02. The monoisotopic (exact) mass is 426 g/mol. The van der Waals surface area contributed by atoms with Crippen molar-refractivity contribution >= 4 is 21.6 Å². The summed E-state index contributed by atoms with van der Waals surface area (Å²) in [6.07, 6.45) is 0. The first-order valence-electron chi connectivity index (χ1n) is 9.43. The quantitative estimate of drug-likeness (QED) is 0.622. The summed E-state index contributed by atoms with van der Waals surface area (Å²) in [6.45, 7) is 3.67. The SMILES string of the molecule is Cc1ccc(S(=O)(=O)N(CC(=O)NCc2cccc(C)c2)c2ccc(F)cc2)cc1. The van der Waals surface area contributed by atoms with E-state index < -0.39 is 28.3 Å². The van der Waals surface area contributed by atoms with E-state index in [2.05, 4.69) is 5.32 Å². The topological polar surface area (TPSA) is 66.5 Å². The molecule has 3 rings (SSSR count). The number of aryl methyl sites for hydroxylation is 2. The molecule has 1 amide bonds. The summed E-state index contributed by atoms with van der Waals surface area (Å²) in [5.41, 5.74) is 3.11. The molecule has 0 unspecified atom stereocenters. The molecule has 3 aromatic carbocycles. The van der Waals surface area contributed by atoms with E-state index >= 15 is 0 Å². The number of benzene rings is 3. The van der Waals surface area contributed by atoms with Gasteiger partial charge >= 0.3 is 0 Å². The molecule has 0 saturated carbocycles. The zero-order valence-electron chi connectivity index (χ0n) is 16.8. The number of hydrogen-bond donors (Lipinski definition) is 1. The maximum atomic E-state index is 13.4. The lowest BCUT2D eigenvalue weighted by molar-refractivity contribution is -0.119. The van der Waals surface area contributed by atoms with Gasteiger partial charge in [-0.05, 0) is 55.8 Å². The molecule has 0 atom stereocenters. The number of halogens is 1. The molecule has 0 aliphatic heterocycles. The Morgan fingerprint density at radius 3 is 2.23 bits per heavy atom. The van der Waals surface area contributed by atoms with Gasteiger partial charge in [-0.25, -0.2) is 12.8 Å². The summed E-state index contributed by atoms with van der Waals surface area (Å²) in [4.78, 5) is 12.7. The number of sulfonamides is 1. The Bertz CT molecular complexity index is 1130. The third kappa shape index (κ3) is 5.24. The van der Waals surface area contributed by atoms with Gasteiger partial charge < -0.3 is 5.32 Å². The first kappa shape index (κ1) is 21.5. The molecule has 0 bridgehead atoms.